The van der Waals surface area contributed by atoms with Gasteiger partial charge >= 0.3 is 0 Å². The molecule has 0 aliphatic heterocycles. The van der Waals surface area contributed by atoms with Gasteiger partial charge in [0.05, 0.1) is 17.2 Å². The molecule has 1 amide bonds. The van der Waals surface area contributed by atoms with Crippen LogP contribution in [-0.4, -0.2) is 10.9 Å². The summed E-state index contributed by atoms with van der Waals surface area (Å²) in [6.45, 7) is 0.467. The summed E-state index contributed by atoms with van der Waals surface area (Å²) in [6, 6.07) is 6.93. The third-order valence-corrected chi connectivity index (χ3v) is 4.30. The number of rotatable bonds is 4. The molecule has 1 aromatic carbocycles. The summed E-state index contributed by atoms with van der Waals surface area (Å²) in [5, 5.41) is 6.65. The van der Waals surface area contributed by atoms with Crippen LogP contribution in [0.25, 0.3) is 0 Å². The molecule has 98 valence electrons. The Bertz CT molecular complexity index is 607. The van der Waals surface area contributed by atoms with Crippen LogP contribution in [0.15, 0.2) is 29.6 Å². The standard InChI is InChI=1S/C14H13ClN2OS/c15-11-3-1-2-10(6-11)13(18)16-7-12-8-19-14(17-12)9-4-5-9/h1-3,6,8-9H,4-5,7H2,(H,16,18). The SMILES string of the molecule is O=C(NCc1csc(C2CC2)n1)c1cccc(Cl)c1. The summed E-state index contributed by atoms with van der Waals surface area (Å²) < 4.78 is 0. The number of nitrogens with zero attached hydrogens (tertiary/aromatic N) is 1. The topological polar surface area (TPSA) is 42.0 Å². The van der Waals surface area contributed by atoms with Crippen molar-refractivity contribution in [1.29, 1.82) is 0 Å². The van der Waals surface area contributed by atoms with Gasteiger partial charge in [0.15, 0.2) is 0 Å². The number of amides is 1. The molecule has 0 atom stereocenters. The number of halogens is 1. The van der Waals surface area contributed by atoms with Gasteiger partial charge in [-0.05, 0) is 31.0 Å². The molecule has 0 bridgehead atoms. The second kappa shape index (κ2) is 5.31. The molecule has 1 aliphatic rings. The second-order valence-corrected chi connectivity index (χ2v) is 5.97. The van der Waals surface area contributed by atoms with E-state index in [0.29, 0.717) is 23.0 Å². The van der Waals surface area contributed by atoms with E-state index in [-0.39, 0.29) is 5.91 Å². The van der Waals surface area contributed by atoms with Gasteiger partial charge in [-0.25, -0.2) is 4.98 Å². The Morgan fingerprint density at radius 1 is 1.47 bits per heavy atom. The number of hydrogen-bond acceptors (Lipinski definition) is 3. The minimum atomic E-state index is -0.122. The predicted molar refractivity (Wildman–Crippen MR) is 76.7 cm³/mol. The first-order chi connectivity index (χ1) is 9.22. The smallest absolute Gasteiger partial charge is 0.251 e. The van der Waals surface area contributed by atoms with E-state index in [2.05, 4.69) is 10.3 Å². The zero-order valence-electron chi connectivity index (χ0n) is 10.2. The van der Waals surface area contributed by atoms with E-state index in [1.165, 1.54) is 17.8 Å². The van der Waals surface area contributed by atoms with Crippen molar-refractivity contribution in [2.45, 2.75) is 25.3 Å². The van der Waals surface area contributed by atoms with Gasteiger partial charge in [-0.1, -0.05) is 17.7 Å². The fraction of sp³-hybridized carbons (Fsp3) is 0.286. The molecule has 0 radical (unpaired) electrons. The molecule has 19 heavy (non-hydrogen) atoms. The first kappa shape index (κ1) is 12.6. The van der Waals surface area contributed by atoms with E-state index in [0.717, 1.165) is 5.69 Å². The van der Waals surface area contributed by atoms with Crippen LogP contribution in [0.3, 0.4) is 0 Å². The molecule has 1 aromatic heterocycles. The predicted octanol–water partition coefficient (Wildman–Crippen LogP) is 3.60. The Labute approximate surface area is 120 Å². The molecule has 5 heteroatoms. The quantitative estimate of drug-likeness (QED) is 0.935. The molecule has 3 rings (SSSR count). The van der Waals surface area contributed by atoms with Gasteiger partial charge in [-0.2, -0.15) is 0 Å². The Hall–Kier alpha value is -1.39. The van der Waals surface area contributed by atoms with Gasteiger partial charge in [-0.3, -0.25) is 4.79 Å². The van der Waals surface area contributed by atoms with Crippen LogP contribution in [0.4, 0.5) is 0 Å². The number of benzene rings is 1. The lowest BCUT2D eigenvalue weighted by Gasteiger charge is -2.03. The zero-order chi connectivity index (χ0) is 13.2. The molecule has 0 saturated heterocycles. The maximum atomic E-state index is 11.9. The van der Waals surface area contributed by atoms with Crippen LogP contribution in [0.5, 0.6) is 0 Å². The third kappa shape index (κ3) is 3.14. The molecule has 0 spiro atoms. The van der Waals surface area contributed by atoms with Gasteiger partial charge in [0, 0.05) is 21.9 Å². The number of hydrogen-bond donors (Lipinski definition) is 1. The highest BCUT2D eigenvalue weighted by molar-refractivity contribution is 7.09. The normalized spacial score (nSPS) is 14.4. The van der Waals surface area contributed by atoms with Crippen molar-refractivity contribution in [2.24, 2.45) is 0 Å². The number of thiazole rings is 1. The van der Waals surface area contributed by atoms with E-state index in [9.17, 15) is 4.79 Å². The van der Waals surface area contributed by atoms with Gasteiger partial charge in [-0.15, -0.1) is 11.3 Å². The number of carbonyl (C=O) groups is 1. The maximum absolute atomic E-state index is 11.9. The van der Waals surface area contributed by atoms with Crippen LogP contribution in [0.2, 0.25) is 5.02 Å². The summed E-state index contributed by atoms with van der Waals surface area (Å²) >= 11 is 7.55. The fourth-order valence-electron chi connectivity index (χ4n) is 1.82. The van der Waals surface area contributed by atoms with Crippen LogP contribution < -0.4 is 5.32 Å². The highest BCUT2D eigenvalue weighted by Gasteiger charge is 2.26. The zero-order valence-corrected chi connectivity index (χ0v) is 11.8. The highest BCUT2D eigenvalue weighted by Crippen LogP contribution is 2.41. The van der Waals surface area contributed by atoms with Crippen LogP contribution in [0.1, 0.15) is 39.8 Å². The van der Waals surface area contributed by atoms with Crippen molar-refractivity contribution in [2.75, 3.05) is 0 Å². The van der Waals surface area contributed by atoms with E-state index >= 15 is 0 Å². The monoisotopic (exact) mass is 292 g/mol. The Morgan fingerprint density at radius 2 is 2.32 bits per heavy atom. The molecule has 2 aromatic rings. The fourth-order valence-corrected chi connectivity index (χ4v) is 3.01. The van der Waals surface area contributed by atoms with Crippen molar-refractivity contribution in [3.05, 3.63) is 50.9 Å². The summed E-state index contributed by atoms with van der Waals surface area (Å²) in [7, 11) is 0. The molecule has 1 heterocycles. The van der Waals surface area contributed by atoms with Crippen LogP contribution >= 0.6 is 22.9 Å². The lowest BCUT2D eigenvalue weighted by Crippen LogP contribution is -2.22. The van der Waals surface area contributed by atoms with E-state index in [1.54, 1.807) is 35.6 Å². The highest BCUT2D eigenvalue weighted by atomic mass is 35.5. The summed E-state index contributed by atoms with van der Waals surface area (Å²) in [6.07, 6.45) is 2.50. The van der Waals surface area contributed by atoms with Gasteiger partial charge in [0.2, 0.25) is 0 Å². The second-order valence-electron chi connectivity index (χ2n) is 4.64. The molecule has 1 aliphatic carbocycles. The average Bonchev–Trinajstić information content (AvgIpc) is 3.15. The lowest BCUT2D eigenvalue weighted by atomic mass is 10.2. The van der Waals surface area contributed by atoms with E-state index in [4.69, 9.17) is 11.6 Å². The minimum Gasteiger partial charge on any atom is -0.346 e. The lowest BCUT2D eigenvalue weighted by molar-refractivity contribution is 0.0950. The Kier molecular flexibility index (Phi) is 3.53. The van der Waals surface area contributed by atoms with Gasteiger partial charge in [0.1, 0.15) is 0 Å². The molecule has 1 saturated carbocycles. The number of nitrogens with one attached hydrogen (secondary N) is 1. The molecule has 3 nitrogen and oxygen atoms in total. The molecule has 0 unspecified atom stereocenters. The average molecular weight is 293 g/mol. The van der Waals surface area contributed by atoms with Crippen molar-refractivity contribution < 1.29 is 4.79 Å². The van der Waals surface area contributed by atoms with E-state index in [1.807, 2.05) is 5.38 Å². The molecular formula is C14H13ClN2OS. The molecule has 1 fully saturated rings. The minimum absolute atomic E-state index is 0.122. The van der Waals surface area contributed by atoms with Gasteiger partial charge < -0.3 is 5.32 Å². The number of aromatic nitrogens is 1. The van der Waals surface area contributed by atoms with Crippen LogP contribution in [0, 0.1) is 0 Å². The number of carbonyl (C=O) groups excluding carboxylic acids is 1. The first-order valence-corrected chi connectivity index (χ1v) is 7.46. The maximum Gasteiger partial charge on any atom is 0.251 e. The van der Waals surface area contributed by atoms with Crippen LogP contribution in [-0.2, 0) is 6.54 Å². The van der Waals surface area contributed by atoms with E-state index < -0.39 is 0 Å². The van der Waals surface area contributed by atoms with Crippen molar-refractivity contribution in [1.82, 2.24) is 10.3 Å². The Morgan fingerprint density at radius 3 is 3.05 bits per heavy atom. The van der Waals surface area contributed by atoms with Crippen molar-refractivity contribution in [3.8, 4) is 0 Å². The summed E-state index contributed by atoms with van der Waals surface area (Å²) in [5.41, 5.74) is 1.51. The summed E-state index contributed by atoms with van der Waals surface area (Å²) in [5.74, 6) is 0.547. The Balaban J connectivity index is 1.60. The molecule has 1 N–H and O–H groups in total. The van der Waals surface area contributed by atoms with Crippen molar-refractivity contribution >= 4 is 28.8 Å². The van der Waals surface area contributed by atoms with Gasteiger partial charge in [0.25, 0.3) is 5.91 Å². The van der Waals surface area contributed by atoms with Crippen molar-refractivity contribution in [3.63, 3.8) is 0 Å². The first-order valence-electron chi connectivity index (χ1n) is 6.20. The molecular weight excluding hydrogens is 280 g/mol. The largest absolute Gasteiger partial charge is 0.346 e. The third-order valence-electron chi connectivity index (χ3n) is 3.01. The summed E-state index contributed by atoms with van der Waals surface area (Å²) in [4.78, 5) is 16.5.